The Labute approximate surface area is 107 Å². The number of benzene rings is 2. The molecule has 18 heavy (non-hydrogen) atoms. The van der Waals surface area contributed by atoms with Crippen molar-refractivity contribution >= 4 is 16.5 Å². The lowest BCUT2D eigenvalue weighted by molar-refractivity contribution is 0.186. The molecule has 0 aliphatic carbocycles. The highest BCUT2D eigenvalue weighted by Crippen LogP contribution is 2.36. The number of rotatable bonds is 3. The van der Waals surface area contributed by atoms with Crippen LogP contribution in [0.3, 0.4) is 0 Å². The van der Waals surface area contributed by atoms with Crippen LogP contribution in [0.5, 0.6) is 5.75 Å². The molecule has 96 valence electrons. The van der Waals surface area contributed by atoms with Crippen molar-refractivity contribution in [1.82, 2.24) is 0 Å². The summed E-state index contributed by atoms with van der Waals surface area (Å²) in [5, 5.41) is 0.921. The number of alkyl halides is 1. The van der Waals surface area contributed by atoms with E-state index in [-0.39, 0.29) is 5.92 Å². The van der Waals surface area contributed by atoms with Crippen molar-refractivity contribution in [2.45, 2.75) is 19.8 Å². The van der Waals surface area contributed by atoms with Crippen molar-refractivity contribution < 1.29 is 16.3 Å². The van der Waals surface area contributed by atoms with Crippen LogP contribution in [0, 0.1) is 5.82 Å². The normalized spacial score (nSPS) is 13.6. The molecule has 0 unspecified atom stereocenters. The molecule has 0 saturated carbocycles. The summed E-state index contributed by atoms with van der Waals surface area (Å²) in [5.74, 6) is -1.25. The molecule has 2 rings (SSSR count). The number of fused-ring (bicyclic) bond motifs is 1. The van der Waals surface area contributed by atoms with Crippen LogP contribution in [-0.2, 0) is 0 Å². The Morgan fingerprint density at radius 3 is 2.72 bits per heavy atom. The van der Waals surface area contributed by atoms with Gasteiger partial charge in [-0.25, -0.2) is 8.78 Å². The van der Waals surface area contributed by atoms with Gasteiger partial charge in [0.1, 0.15) is 2.74 Å². The minimum absolute atomic E-state index is 0.00405. The van der Waals surface area contributed by atoms with Crippen molar-refractivity contribution in [3.8, 4) is 5.75 Å². The Morgan fingerprint density at radius 1 is 1.39 bits per heavy atom. The first kappa shape index (κ1) is 10.1. The minimum Gasteiger partial charge on any atom is -0.459 e. The van der Waals surface area contributed by atoms with Gasteiger partial charge in [0, 0.05) is 11.1 Å². The number of hydrogen-bond acceptors (Lipinski definition) is 2. The zero-order valence-electron chi connectivity index (χ0n) is 12.1. The van der Waals surface area contributed by atoms with Gasteiger partial charge in [-0.05, 0) is 35.1 Å². The maximum absolute atomic E-state index is 13.9. The molecule has 0 saturated heterocycles. The topological polar surface area (TPSA) is 35.2 Å². The summed E-state index contributed by atoms with van der Waals surface area (Å²) in [7, 11) is 0. The zero-order chi connectivity index (χ0) is 15.1. The van der Waals surface area contributed by atoms with Crippen molar-refractivity contribution in [1.29, 1.82) is 0 Å². The summed E-state index contributed by atoms with van der Waals surface area (Å²) in [5.41, 5.74) is 6.98. The fourth-order valence-electron chi connectivity index (χ4n) is 2.06. The molecule has 0 amide bonds. The third-order valence-electron chi connectivity index (χ3n) is 2.84. The highest BCUT2D eigenvalue weighted by molar-refractivity contribution is 5.94. The van der Waals surface area contributed by atoms with Crippen molar-refractivity contribution in [2.24, 2.45) is 0 Å². The van der Waals surface area contributed by atoms with Crippen LogP contribution in [0.15, 0.2) is 24.3 Å². The van der Waals surface area contributed by atoms with Crippen molar-refractivity contribution in [2.75, 3.05) is 12.5 Å². The van der Waals surface area contributed by atoms with E-state index in [2.05, 4.69) is 4.74 Å². The highest BCUT2D eigenvalue weighted by Gasteiger charge is 2.15. The van der Waals surface area contributed by atoms with Crippen LogP contribution in [0.2, 0.25) is 0 Å². The second-order valence-electron chi connectivity index (χ2n) is 4.42. The summed E-state index contributed by atoms with van der Waals surface area (Å²) in [6, 6.07) is 5.88. The number of hydrogen-bond donors (Lipinski definition) is 1. The molecule has 2 N–H and O–H groups in total. The second kappa shape index (κ2) is 4.80. The average molecular weight is 253 g/mol. The molecule has 2 nitrogen and oxygen atoms in total. The molecule has 0 aromatic heterocycles. The maximum Gasteiger partial charge on any atom is 0.228 e. The summed E-state index contributed by atoms with van der Waals surface area (Å²) < 4.78 is 45.2. The molecule has 0 heterocycles. The van der Waals surface area contributed by atoms with Crippen LogP contribution in [0.25, 0.3) is 10.8 Å². The number of nitrogens with two attached hydrogens (primary N) is 1. The van der Waals surface area contributed by atoms with E-state index in [1.165, 1.54) is 6.07 Å². The number of anilines is 1. The third-order valence-corrected chi connectivity index (χ3v) is 2.84. The van der Waals surface area contributed by atoms with Gasteiger partial charge in [-0.1, -0.05) is 19.9 Å². The zero-order valence-corrected chi connectivity index (χ0v) is 10.1. The quantitative estimate of drug-likeness (QED) is 0.839. The molecule has 0 spiro atoms. The molecule has 0 aliphatic rings. The third kappa shape index (κ3) is 2.10. The van der Waals surface area contributed by atoms with Gasteiger partial charge in [0.15, 0.2) is 11.6 Å². The van der Waals surface area contributed by atoms with Gasteiger partial charge in [0.05, 0.1) is 0 Å². The van der Waals surface area contributed by atoms with Gasteiger partial charge in [0.2, 0.25) is 6.81 Å². The van der Waals surface area contributed by atoms with E-state index in [1.807, 2.05) is 13.8 Å². The summed E-state index contributed by atoms with van der Waals surface area (Å²) >= 11 is 0. The molecule has 0 bridgehead atoms. The SMILES string of the molecule is [2H]C([2H])(F)Oc1c(F)ccc2cc(N)cc(C(C)C)c12. The lowest BCUT2D eigenvalue weighted by Crippen LogP contribution is -2.00. The highest BCUT2D eigenvalue weighted by atomic mass is 19.1. The fourth-order valence-corrected chi connectivity index (χ4v) is 2.06. The van der Waals surface area contributed by atoms with E-state index in [9.17, 15) is 8.78 Å². The van der Waals surface area contributed by atoms with Gasteiger partial charge >= 0.3 is 0 Å². The number of ether oxygens (including phenoxy) is 1. The average Bonchev–Trinajstić information content (AvgIpc) is 2.30. The Bertz CT molecular complexity index is 654. The van der Waals surface area contributed by atoms with Gasteiger partial charge in [0.25, 0.3) is 0 Å². The first-order valence-corrected chi connectivity index (χ1v) is 5.58. The Morgan fingerprint density at radius 2 is 2.11 bits per heavy atom. The molecule has 0 aliphatic heterocycles. The number of halogens is 2. The summed E-state index contributed by atoms with van der Waals surface area (Å²) in [6.45, 7) is 0.310. The van der Waals surface area contributed by atoms with E-state index in [1.54, 1.807) is 12.1 Å². The molecule has 2 aromatic carbocycles. The van der Waals surface area contributed by atoms with Crippen molar-refractivity contribution in [3.05, 3.63) is 35.6 Å². The lowest BCUT2D eigenvalue weighted by atomic mass is 9.94. The van der Waals surface area contributed by atoms with E-state index < -0.39 is 18.4 Å². The van der Waals surface area contributed by atoms with E-state index in [0.717, 1.165) is 6.07 Å². The molecule has 2 aromatic rings. The van der Waals surface area contributed by atoms with E-state index in [0.29, 0.717) is 22.0 Å². The maximum atomic E-state index is 13.9. The molecule has 0 radical (unpaired) electrons. The van der Waals surface area contributed by atoms with Crippen molar-refractivity contribution in [3.63, 3.8) is 0 Å². The van der Waals surface area contributed by atoms with Crippen LogP contribution in [0.4, 0.5) is 14.5 Å². The van der Waals surface area contributed by atoms with E-state index >= 15 is 0 Å². The predicted octanol–water partition coefficient (Wildman–Crippen LogP) is 3.99. The first-order valence-electron chi connectivity index (χ1n) is 6.58. The van der Waals surface area contributed by atoms with Crippen LogP contribution >= 0.6 is 0 Å². The molecule has 4 heteroatoms. The standard InChI is InChI=1S/C14H15F2NO/c1-8(2)11-6-10(17)5-9-3-4-12(16)14(13(9)11)18-7-15/h3-6,8H,7,17H2,1-2H3/i7D2. The monoisotopic (exact) mass is 253 g/mol. The van der Waals surface area contributed by atoms with E-state index in [4.69, 9.17) is 8.48 Å². The van der Waals surface area contributed by atoms with Gasteiger partial charge in [-0.2, -0.15) is 0 Å². The van der Waals surface area contributed by atoms with Gasteiger partial charge in [-0.15, -0.1) is 0 Å². The second-order valence-corrected chi connectivity index (χ2v) is 4.42. The first-order chi connectivity index (χ1) is 9.19. The van der Waals surface area contributed by atoms with Crippen LogP contribution < -0.4 is 10.5 Å². The van der Waals surface area contributed by atoms with Crippen LogP contribution in [-0.4, -0.2) is 6.81 Å². The van der Waals surface area contributed by atoms with Gasteiger partial charge in [-0.3, -0.25) is 0 Å². The summed E-state index contributed by atoms with van der Waals surface area (Å²) in [6.07, 6.45) is 0. The largest absolute Gasteiger partial charge is 0.459 e. The minimum atomic E-state index is -3.45. The summed E-state index contributed by atoms with van der Waals surface area (Å²) in [4.78, 5) is 0. The molecular weight excluding hydrogens is 236 g/mol. The lowest BCUT2D eigenvalue weighted by Gasteiger charge is -2.15. The molecule has 0 fully saturated rings. The van der Waals surface area contributed by atoms with Gasteiger partial charge < -0.3 is 10.5 Å². The van der Waals surface area contributed by atoms with Crippen LogP contribution in [0.1, 0.15) is 28.1 Å². The predicted molar refractivity (Wildman–Crippen MR) is 69.0 cm³/mol. The number of nitrogen functional groups attached to an aromatic ring is 1. The molecule has 0 atom stereocenters. The Kier molecular flexibility index (Phi) is 2.70. The Balaban J connectivity index is 2.81. The fraction of sp³-hybridized carbons (Fsp3) is 0.286. The molecular formula is C14H15F2NO. The smallest absolute Gasteiger partial charge is 0.228 e. The Hall–Kier alpha value is -1.84.